The summed E-state index contributed by atoms with van der Waals surface area (Å²) in [6, 6.07) is 8.33. The fourth-order valence-electron chi connectivity index (χ4n) is 1.11. The molecule has 0 amide bonds. The second-order valence-corrected chi connectivity index (χ2v) is 2.26. The Hall–Kier alpha value is -0.820. The summed E-state index contributed by atoms with van der Waals surface area (Å²) >= 11 is 0. The van der Waals surface area contributed by atoms with E-state index in [4.69, 9.17) is 4.74 Å². The minimum Gasteiger partial charge on any atom is -0.372 e. The van der Waals surface area contributed by atoms with Crippen molar-refractivity contribution in [3.8, 4) is 0 Å². The fraction of sp³-hybridized carbons (Fsp3) is 0.250. The van der Waals surface area contributed by atoms with Crippen molar-refractivity contribution in [2.24, 2.45) is 0 Å². The minimum absolute atomic E-state index is 0. The molecule has 0 aliphatic carbocycles. The number of rotatable bonds is 0. The predicted molar refractivity (Wildman–Crippen MR) is 37.0 cm³/mol. The third-order valence-electron chi connectivity index (χ3n) is 1.63. The largest absolute Gasteiger partial charge is 0.372 e. The first-order valence-corrected chi connectivity index (χ1v) is 3.11. The van der Waals surface area contributed by atoms with Crippen LogP contribution in [0.25, 0.3) is 0 Å². The highest BCUT2D eigenvalue weighted by Crippen LogP contribution is 2.17. The molecule has 2 rings (SSSR count). The van der Waals surface area contributed by atoms with Gasteiger partial charge in [0.2, 0.25) is 0 Å². The zero-order valence-electron chi connectivity index (χ0n) is 5.13. The van der Waals surface area contributed by atoms with Gasteiger partial charge in [0.25, 0.3) is 0 Å². The van der Waals surface area contributed by atoms with Crippen LogP contribution in [0, 0.1) is 0 Å². The van der Waals surface area contributed by atoms with Gasteiger partial charge in [0.05, 0.1) is 13.2 Å². The summed E-state index contributed by atoms with van der Waals surface area (Å²) < 4.78 is 5.21. The third-order valence-corrected chi connectivity index (χ3v) is 1.63. The number of fused-ring (bicyclic) bond motifs is 1. The van der Waals surface area contributed by atoms with Crippen molar-refractivity contribution >= 4 is 0 Å². The van der Waals surface area contributed by atoms with Gasteiger partial charge in [-0.3, -0.25) is 0 Å². The molecule has 1 heteroatoms. The van der Waals surface area contributed by atoms with E-state index in [1.807, 2.05) is 12.1 Å². The summed E-state index contributed by atoms with van der Waals surface area (Å²) in [6.45, 7) is 1.60. The maximum atomic E-state index is 5.21. The second kappa shape index (κ2) is 1.85. The maximum Gasteiger partial charge on any atom is 0.0724 e. The van der Waals surface area contributed by atoms with Crippen LogP contribution in [-0.2, 0) is 18.0 Å². The molecule has 0 N–H and O–H groups in total. The van der Waals surface area contributed by atoms with Crippen molar-refractivity contribution in [1.82, 2.24) is 0 Å². The van der Waals surface area contributed by atoms with E-state index >= 15 is 0 Å². The Labute approximate surface area is 55.8 Å². The Morgan fingerprint density at radius 2 is 1.67 bits per heavy atom. The van der Waals surface area contributed by atoms with Crippen LogP contribution in [0.3, 0.4) is 0 Å². The van der Waals surface area contributed by atoms with Gasteiger partial charge in [-0.15, -0.1) is 0 Å². The molecule has 0 spiro atoms. The molecule has 0 atom stereocenters. The average molecular weight is 122 g/mol. The highest BCUT2D eigenvalue weighted by atomic mass is 16.5. The van der Waals surface area contributed by atoms with Crippen molar-refractivity contribution in [3.63, 3.8) is 0 Å². The first-order chi connectivity index (χ1) is 4.47. The Morgan fingerprint density at radius 3 is 2.22 bits per heavy atom. The van der Waals surface area contributed by atoms with Gasteiger partial charge in [-0.1, -0.05) is 24.3 Å². The van der Waals surface area contributed by atoms with E-state index in [2.05, 4.69) is 12.1 Å². The normalized spacial score (nSPS) is 15.6. The Balaban J connectivity index is 0.000000500. The van der Waals surface area contributed by atoms with Crippen LogP contribution in [-0.4, -0.2) is 0 Å². The van der Waals surface area contributed by atoms with Crippen molar-refractivity contribution in [3.05, 3.63) is 35.4 Å². The summed E-state index contributed by atoms with van der Waals surface area (Å²) in [4.78, 5) is 0. The van der Waals surface area contributed by atoms with E-state index in [-0.39, 0.29) is 1.43 Å². The molecule has 1 aromatic rings. The third kappa shape index (κ3) is 0.736. The lowest BCUT2D eigenvalue weighted by molar-refractivity contribution is 0.134. The first kappa shape index (κ1) is 5.00. The summed E-state index contributed by atoms with van der Waals surface area (Å²) in [5.41, 5.74) is 2.69. The molecule has 1 aliphatic heterocycles. The Kier molecular flexibility index (Phi) is 1.03. The molecular weight excluding hydrogens is 112 g/mol. The molecule has 0 saturated heterocycles. The SMILES string of the molecule is [HH].c1ccc2c(c1)COC2. The summed E-state index contributed by atoms with van der Waals surface area (Å²) in [6.07, 6.45) is 0. The minimum atomic E-state index is 0. The molecule has 1 aliphatic rings. The van der Waals surface area contributed by atoms with Gasteiger partial charge in [-0.2, -0.15) is 0 Å². The summed E-state index contributed by atoms with van der Waals surface area (Å²) in [5, 5.41) is 0. The lowest BCUT2D eigenvalue weighted by atomic mass is 10.1. The lowest BCUT2D eigenvalue weighted by Gasteiger charge is -1.90. The predicted octanol–water partition coefficient (Wildman–Crippen LogP) is 1.96. The molecule has 1 aromatic carbocycles. The topological polar surface area (TPSA) is 9.23 Å². The van der Waals surface area contributed by atoms with Crippen LogP contribution in [0.1, 0.15) is 12.6 Å². The standard InChI is InChI=1S/C8H8O.H2/c1-2-4-8-6-9-5-7(8)3-1;/h1-4H,5-6H2;1H. The first-order valence-electron chi connectivity index (χ1n) is 3.11. The van der Waals surface area contributed by atoms with E-state index < -0.39 is 0 Å². The Bertz CT molecular complexity index is 199. The quantitative estimate of drug-likeness (QED) is 0.511. The van der Waals surface area contributed by atoms with E-state index in [0.29, 0.717) is 0 Å². The molecule has 0 fully saturated rings. The van der Waals surface area contributed by atoms with E-state index in [9.17, 15) is 0 Å². The van der Waals surface area contributed by atoms with E-state index in [1.165, 1.54) is 11.1 Å². The molecule has 1 nitrogen and oxygen atoms in total. The molecule has 9 heavy (non-hydrogen) atoms. The molecule has 48 valence electrons. The zero-order chi connectivity index (χ0) is 6.10. The van der Waals surface area contributed by atoms with Gasteiger partial charge in [-0.25, -0.2) is 0 Å². The Morgan fingerprint density at radius 1 is 1.11 bits per heavy atom. The van der Waals surface area contributed by atoms with Gasteiger partial charge in [-0.05, 0) is 11.1 Å². The van der Waals surface area contributed by atoms with Crippen LogP contribution in [0.4, 0.5) is 0 Å². The van der Waals surface area contributed by atoms with Crippen LogP contribution in [0.15, 0.2) is 24.3 Å². The van der Waals surface area contributed by atoms with Crippen molar-refractivity contribution in [1.29, 1.82) is 0 Å². The molecular formula is C8H10O. The summed E-state index contributed by atoms with van der Waals surface area (Å²) in [7, 11) is 0. The molecule has 0 bridgehead atoms. The lowest BCUT2D eigenvalue weighted by Crippen LogP contribution is -1.77. The number of hydrogen-bond donors (Lipinski definition) is 0. The van der Waals surface area contributed by atoms with Crippen LogP contribution >= 0.6 is 0 Å². The van der Waals surface area contributed by atoms with Gasteiger partial charge in [0, 0.05) is 1.43 Å². The van der Waals surface area contributed by atoms with Crippen LogP contribution in [0.2, 0.25) is 0 Å². The summed E-state index contributed by atoms with van der Waals surface area (Å²) in [5.74, 6) is 0. The number of hydrogen-bond acceptors (Lipinski definition) is 1. The molecule has 0 radical (unpaired) electrons. The van der Waals surface area contributed by atoms with E-state index in [0.717, 1.165) is 13.2 Å². The molecule has 1 heterocycles. The number of ether oxygens (including phenoxy) is 1. The molecule has 0 saturated carbocycles. The number of benzene rings is 1. The van der Waals surface area contributed by atoms with Crippen molar-refractivity contribution in [2.45, 2.75) is 13.2 Å². The monoisotopic (exact) mass is 122 g/mol. The van der Waals surface area contributed by atoms with Crippen LogP contribution < -0.4 is 0 Å². The zero-order valence-corrected chi connectivity index (χ0v) is 5.13. The van der Waals surface area contributed by atoms with E-state index in [1.54, 1.807) is 0 Å². The van der Waals surface area contributed by atoms with Crippen molar-refractivity contribution < 1.29 is 6.16 Å². The van der Waals surface area contributed by atoms with Gasteiger partial charge in [0.1, 0.15) is 0 Å². The highest BCUT2D eigenvalue weighted by Gasteiger charge is 2.07. The molecule has 0 unspecified atom stereocenters. The van der Waals surface area contributed by atoms with Gasteiger partial charge < -0.3 is 4.74 Å². The van der Waals surface area contributed by atoms with Gasteiger partial charge >= 0.3 is 0 Å². The second-order valence-electron chi connectivity index (χ2n) is 2.26. The highest BCUT2D eigenvalue weighted by molar-refractivity contribution is 5.27. The van der Waals surface area contributed by atoms with Crippen molar-refractivity contribution in [2.75, 3.05) is 0 Å². The average Bonchev–Trinajstić information content (AvgIpc) is 2.33. The fourth-order valence-corrected chi connectivity index (χ4v) is 1.11. The molecule has 0 aromatic heterocycles. The maximum absolute atomic E-state index is 5.21. The van der Waals surface area contributed by atoms with Gasteiger partial charge in [0.15, 0.2) is 0 Å². The smallest absolute Gasteiger partial charge is 0.0724 e. The van der Waals surface area contributed by atoms with Crippen LogP contribution in [0.5, 0.6) is 0 Å².